The number of aliphatic hydroxyl groups excluding tert-OH is 1. The molecule has 6 N–H and O–H groups in total. The van der Waals surface area contributed by atoms with E-state index >= 15 is 0 Å². The SMILES string of the molecule is CC(Cc1ccc(OCc2no[n+]([O-])c2C(N)=O)cc1)NCC(O)c1cc(O)cc(O)c1. The minimum absolute atomic E-state index is 0.00742. The summed E-state index contributed by atoms with van der Waals surface area (Å²) in [5, 5.41) is 47.3. The van der Waals surface area contributed by atoms with Gasteiger partial charge in [-0.1, -0.05) is 12.1 Å². The molecule has 11 nitrogen and oxygen atoms in total. The Balaban J connectivity index is 1.49. The van der Waals surface area contributed by atoms with Gasteiger partial charge in [-0.2, -0.15) is 0 Å². The van der Waals surface area contributed by atoms with Gasteiger partial charge in [0.1, 0.15) is 17.2 Å². The molecule has 1 heterocycles. The van der Waals surface area contributed by atoms with E-state index in [1.165, 1.54) is 18.2 Å². The number of primary amides is 1. The van der Waals surface area contributed by atoms with Crippen LogP contribution in [-0.2, 0) is 13.0 Å². The minimum Gasteiger partial charge on any atom is -0.508 e. The van der Waals surface area contributed by atoms with Gasteiger partial charge < -0.3 is 36.3 Å². The number of amides is 1. The highest BCUT2D eigenvalue weighted by Crippen LogP contribution is 2.24. The molecule has 0 aliphatic heterocycles. The van der Waals surface area contributed by atoms with Crippen LogP contribution in [0.15, 0.2) is 47.1 Å². The zero-order valence-corrected chi connectivity index (χ0v) is 17.3. The summed E-state index contributed by atoms with van der Waals surface area (Å²) in [4.78, 5) is 11.2. The van der Waals surface area contributed by atoms with Gasteiger partial charge in [-0.05, 0) is 53.6 Å². The molecule has 3 aromatic rings. The monoisotopic (exact) mass is 444 g/mol. The number of ether oxygens (including phenoxy) is 1. The van der Waals surface area contributed by atoms with Crippen molar-refractivity contribution in [1.82, 2.24) is 10.5 Å². The number of phenols is 2. The van der Waals surface area contributed by atoms with E-state index in [-0.39, 0.29) is 41.3 Å². The highest BCUT2D eigenvalue weighted by atomic mass is 16.8. The topological polar surface area (TPSA) is 178 Å². The quantitative estimate of drug-likeness (QED) is 0.281. The fourth-order valence-electron chi connectivity index (χ4n) is 3.14. The lowest BCUT2D eigenvalue weighted by Crippen LogP contribution is -2.35. The summed E-state index contributed by atoms with van der Waals surface area (Å²) in [5.74, 6) is -0.681. The summed E-state index contributed by atoms with van der Waals surface area (Å²) in [6.45, 7) is 2.05. The van der Waals surface area contributed by atoms with Crippen molar-refractivity contribution in [3.05, 3.63) is 70.2 Å². The lowest BCUT2D eigenvalue weighted by molar-refractivity contribution is -0.803. The summed E-state index contributed by atoms with van der Waals surface area (Å²) < 4.78 is 9.90. The standard InChI is InChI=1S/C21H24N4O7/c1-12(23-10-19(28)14-7-15(26)9-16(27)8-14)6-13-2-4-17(5-3-13)31-11-18-20(21(22)29)25(30)32-24-18/h2-5,7-9,12,19,23,26-28H,6,10-11H2,1H3,(H2,22,29). The summed E-state index contributed by atoms with van der Waals surface area (Å²) in [5.41, 5.74) is 6.16. The number of phenolic OH excluding ortho intramolecular Hbond substituents is 2. The second-order valence-electron chi connectivity index (χ2n) is 7.33. The first kappa shape index (κ1) is 22.8. The fraction of sp³-hybridized carbons (Fsp3) is 0.286. The van der Waals surface area contributed by atoms with Crippen LogP contribution in [0, 0.1) is 5.21 Å². The second kappa shape index (κ2) is 9.98. The zero-order valence-electron chi connectivity index (χ0n) is 17.3. The third-order valence-corrected chi connectivity index (χ3v) is 4.72. The molecule has 0 saturated carbocycles. The number of nitrogens with one attached hydrogen (secondary N) is 1. The van der Waals surface area contributed by atoms with E-state index in [1.807, 2.05) is 19.1 Å². The Kier molecular flexibility index (Phi) is 7.13. The molecule has 0 saturated heterocycles. The predicted octanol–water partition coefficient (Wildman–Crippen LogP) is 0.651. The van der Waals surface area contributed by atoms with E-state index in [0.717, 1.165) is 5.56 Å². The van der Waals surface area contributed by atoms with Crippen LogP contribution in [0.4, 0.5) is 0 Å². The number of nitrogens with zero attached hydrogens (tertiary/aromatic N) is 2. The third kappa shape index (κ3) is 5.86. The molecule has 32 heavy (non-hydrogen) atoms. The Hall–Kier alpha value is -3.83. The number of nitrogens with two attached hydrogens (primary N) is 1. The lowest BCUT2D eigenvalue weighted by atomic mass is 10.1. The van der Waals surface area contributed by atoms with Gasteiger partial charge >= 0.3 is 0 Å². The van der Waals surface area contributed by atoms with E-state index in [1.54, 1.807) is 12.1 Å². The molecule has 0 radical (unpaired) electrons. The first-order valence-electron chi connectivity index (χ1n) is 9.77. The number of hydrogen-bond donors (Lipinski definition) is 5. The number of carbonyl (C=O) groups excluding carboxylic acids is 1. The fourth-order valence-corrected chi connectivity index (χ4v) is 3.14. The van der Waals surface area contributed by atoms with Crippen LogP contribution < -0.4 is 20.7 Å². The maximum absolute atomic E-state index is 11.3. The molecule has 170 valence electrons. The molecule has 2 atom stereocenters. The molecular formula is C21H24N4O7. The number of carbonyl (C=O) groups is 1. The zero-order chi connectivity index (χ0) is 23.3. The van der Waals surface area contributed by atoms with E-state index in [4.69, 9.17) is 10.5 Å². The molecule has 11 heteroatoms. The number of aromatic hydroxyl groups is 2. The van der Waals surface area contributed by atoms with Gasteiger partial charge in [0.05, 0.1) is 6.10 Å². The van der Waals surface area contributed by atoms with Crippen molar-refractivity contribution in [3.63, 3.8) is 0 Å². The molecule has 0 fully saturated rings. The van der Waals surface area contributed by atoms with E-state index in [0.29, 0.717) is 17.7 Å². The number of rotatable bonds is 10. The van der Waals surface area contributed by atoms with Gasteiger partial charge in [0.15, 0.2) is 6.61 Å². The van der Waals surface area contributed by atoms with E-state index in [9.17, 15) is 25.3 Å². The molecular weight excluding hydrogens is 420 g/mol. The van der Waals surface area contributed by atoms with Gasteiger partial charge in [0, 0.05) is 23.8 Å². The average Bonchev–Trinajstić information content (AvgIpc) is 3.11. The number of aliphatic hydroxyl groups is 1. The Labute approximate surface area is 183 Å². The van der Waals surface area contributed by atoms with Crippen molar-refractivity contribution in [2.75, 3.05) is 6.54 Å². The van der Waals surface area contributed by atoms with Gasteiger partial charge in [0.2, 0.25) is 0 Å². The Morgan fingerprint density at radius 1 is 1.25 bits per heavy atom. The van der Waals surface area contributed by atoms with Crippen LogP contribution in [0.5, 0.6) is 17.2 Å². The van der Waals surface area contributed by atoms with Crippen molar-refractivity contribution >= 4 is 5.91 Å². The second-order valence-corrected chi connectivity index (χ2v) is 7.33. The molecule has 2 unspecified atom stereocenters. The molecule has 0 bridgehead atoms. The predicted molar refractivity (Wildman–Crippen MR) is 111 cm³/mol. The molecule has 1 aromatic heterocycles. The Morgan fingerprint density at radius 2 is 1.91 bits per heavy atom. The number of hydrogen-bond acceptors (Lipinski definition) is 9. The third-order valence-electron chi connectivity index (χ3n) is 4.72. The Bertz CT molecular complexity index is 1050. The van der Waals surface area contributed by atoms with E-state index in [2.05, 4.69) is 15.1 Å². The van der Waals surface area contributed by atoms with E-state index < -0.39 is 17.7 Å². The van der Waals surface area contributed by atoms with Gasteiger partial charge in [0.25, 0.3) is 17.3 Å². The van der Waals surface area contributed by atoms with Crippen LogP contribution in [0.2, 0.25) is 0 Å². The van der Waals surface area contributed by atoms with Crippen molar-refractivity contribution in [3.8, 4) is 17.2 Å². The highest BCUT2D eigenvalue weighted by Gasteiger charge is 2.24. The maximum Gasteiger partial charge on any atom is 0.297 e. The maximum atomic E-state index is 11.3. The largest absolute Gasteiger partial charge is 0.508 e. The first-order valence-corrected chi connectivity index (χ1v) is 9.77. The number of aromatic nitrogens is 2. The highest BCUT2D eigenvalue weighted by molar-refractivity contribution is 5.90. The van der Waals surface area contributed by atoms with Crippen LogP contribution in [0.1, 0.15) is 40.3 Å². The molecule has 3 rings (SSSR count). The van der Waals surface area contributed by atoms with Crippen molar-refractivity contribution < 1.29 is 34.4 Å². The normalized spacial score (nSPS) is 12.9. The number of benzene rings is 2. The summed E-state index contributed by atoms with van der Waals surface area (Å²) >= 11 is 0. The van der Waals surface area contributed by atoms with Gasteiger partial charge in [-0.25, -0.2) is 0 Å². The molecule has 1 amide bonds. The van der Waals surface area contributed by atoms with Crippen LogP contribution in [0.3, 0.4) is 0 Å². The molecule has 0 aliphatic rings. The van der Waals surface area contributed by atoms with Crippen molar-refractivity contribution in [2.45, 2.75) is 32.1 Å². The average molecular weight is 444 g/mol. The lowest BCUT2D eigenvalue weighted by Gasteiger charge is -2.18. The van der Waals surface area contributed by atoms with Crippen LogP contribution in [0.25, 0.3) is 0 Å². The summed E-state index contributed by atoms with van der Waals surface area (Å²) in [6, 6.07) is 11.2. The minimum atomic E-state index is -0.956. The smallest absolute Gasteiger partial charge is 0.297 e. The van der Waals surface area contributed by atoms with Gasteiger partial charge in [-0.3, -0.25) is 9.42 Å². The molecule has 0 spiro atoms. The van der Waals surface area contributed by atoms with Crippen molar-refractivity contribution in [2.24, 2.45) is 5.73 Å². The van der Waals surface area contributed by atoms with Gasteiger partial charge in [-0.15, -0.1) is 0 Å². The van der Waals surface area contributed by atoms with Crippen LogP contribution in [-0.4, -0.2) is 39.0 Å². The first-order chi connectivity index (χ1) is 15.2. The van der Waals surface area contributed by atoms with Crippen molar-refractivity contribution in [1.29, 1.82) is 0 Å². The molecule has 2 aromatic carbocycles. The molecule has 0 aliphatic carbocycles. The Morgan fingerprint density at radius 3 is 2.53 bits per heavy atom. The van der Waals surface area contributed by atoms with Crippen LogP contribution >= 0.6 is 0 Å². The summed E-state index contributed by atoms with van der Waals surface area (Å²) in [6.07, 6.45) is -0.218. The summed E-state index contributed by atoms with van der Waals surface area (Å²) in [7, 11) is 0.